The number of furan rings is 2. The van der Waals surface area contributed by atoms with Crippen LogP contribution in [0.5, 0.6) is 0 Å². The van der Waals surface area contributed by atoms with E-state index in [1.807, 2.05) is 0 Å². The Morgan fingerprint density at radius 1 is 1.06 bits per heavy atom. The fourth-order valence-electron chi connectivity index (χ4n) is 1.06. The largest absolute Gasteiger partial charge is 0.459 e. The average molecular weight is 299 g/mol. The summed E-state index contributed by atoms with van der Waals surface area (Å²) < 4.78 is 10.7. The summed E-state index contributed by atoms with van der Waals surface area (Å²) in [7, 11) is 0. The molecular formula is C12H11BrO4. The number of carbonyl (C=O) groups excluding carboxylic acids is 2. The monoisotopic (exact) mass is 298 g/mol. The van der Waals surface area contributed by atoms with Crippen molar-refractivity contribution in [1.29, 1.82) is 0 Å². The van der Waals surface area contributed by atoms with Gasteiger partial charge in [0.15, 0.2) is 24.1 Å². The molecular weight excluding hydrogens is 288 g/mol. The molecule has 0 aliphatic heterocycles. The smallest absolute Gasteiger partial charge is 0.185 e. The summed E-state index contributed by atoms with van der Waals surface area (Å²) in [6.07, 6.45) is 1.37. The Kier molecular flexibility index (Phi) is 4.90. The highest BCUT2D eigenvalue weighted by Gasteiger charge is 2.01. The highest BCUT2D eigenvalue weighted by Crippen LogP contribution is 2.18. The molecule has 0 aromatic carbocycles. The molecule has 17 heavy (non-hydrogen) atoms. The molecule has 2 rings (SSSR count). The molecule has 0 N–H and O–H groups in total. The number of carbonyl (C=O) groups is 2. The second kappa shape index (κ2) is 6.20. The van der Waals surface area contributed by atoms with Gasteiger partial charge < -0.3 is 8.83 Å². The van der Waals surface area contributed by atoms with Crippen molar-refractivity contribution >= 4 is 28.5 Å². The SMILES string of the molecule is Cc1ccc(C=O)o1.Cc1oc(C=O)cc1Br. The van der Waals surface area contributed by atoms with Crippen LogP contribution in [-0.2, 0) is 0 Å². The van der Waals surface area contributed by atoms with Gasteiger partial charge >= 0.3 is 0 Å². The lowest BCUT2D eigenvalue weighted by atomic mass is 10.4. The van der Waals surface area contributed by atoms with Crippen LogP contribution in [0.4, 0.5) is 0 Å². The minimum atomic E-state index is 0.361. The molecule has 0 atom stereocenters. The van der Waals surface area contributed by atoms with E-state index in [1.54, 1.807) is 32.0 Å². The number of rotatable bonds is 2. The lowest BCUT2D eigenvalue weighted by Crippen LogP contribution is -1.66. The van der Waals surface area contributed by atoms with Crippen LogP contribution in [0.1, 0.15) is 32.6 Å². The number of hydrogen-bond donors (Lipinski definition) is 0. The summed E-state index contributed by atoms with van der Waals surface area (Å²) in [6.45, 7) is 3.59. The summed E-state index contributed by atoms with van der Waals surface area (Å²) in [6, 6.07) is 5.04. The first-order valence-corrected chi connectivity index (χ1v) is 5.59. The van der Waals surface area contributed by atoms with Crippen LogP contribution in [-0.4, -0.2) is 12.6 Å². The second-order valence-corrected chi connectivity index (χ2v) is 4.09. The zero-order valence-corrected chi connectivity index (χ0v) is 11.0. The van der Waals surface area contributed by atoms with E-state index in [9.17, 15) is 9.59 Å². The molecule has 0 aliphatic rings. The van der Waals surface area contributed by atoms with Crippen molar-refractivity contribution in [2.24, 2.45) is 0 Å². The highest BCUT2D eigenvalue weighted by molar-refractivity contribution is 9.10. The van der Waals surface area contributed by atoms with Crippen LogP contribution < -0.4 is 0 Å². The molecule has 0 saturated heterocycles. The molecule has 0 radical (unpaired) electrons. The normalized spacial score (nSPS) is 9.35. The van der Waals surface area contributed by atoms with Crippen LogP contribution in [0.25, 0.3) is 0 Å². The predicted molar refractivity (Wildman–Crippen MR) is 65.4 cm³/mol. The van der Waals surface area contributed by atoms with Gasteiger partial charge in [-0.05, 0) is 41.9 Å². The van der Waals surface area contributed by atoms with E-state index in [2.05, 4.69) is 15.9 Å². The molecule has 0 aliphatic carbocycles. The van der Waals surface area contributed by atoms with Crippen molar-refractivity contribution in [2.45, 2.75) is 13.8 Å². The van der Waals surface area contributed by atoms with Crippen molar-refractivity contribution in [3.63, 3.8) is 0 Å². The predicted octanol–water partition coefficient (Wildman–Crippen LogP) is 3.56. The number of aryl methyl sites for hydroxylation is 2. The van der Waals surface area contributed by atoms with E-state index in [0.29, 0.717) is 24.1 Å². The Hall–Kier alpha value is -1.62. The van der Waals surface area contributed by atoms with Gasteiger partial charge in [-0.1, -0.05) is 0 Å². The fourth-order valence-corrected chi connectivity index (χ4v) is 1.36. The van der Waals surface area contributed by atoms with Crippen LogP contribution in [0.3, 0.4) is 0 Å². The molecule has 0 unspecified atom stereocenters. The summed E-state index contributed by atoms with van der Waals surface area (Å²) in [5.41, 5.74) is 0. The zero-order valence-electron chi connectivity index (χ0n) is 9.40. The summed E-state index contributed by atoms with van der Waals surface area (Å²) in [4.78, 5) is 20.0. The second-order valence-electron chi connectivity index (χ2n) is 3.24. The zero-order chi connectivity index (χ0) is 12.8. The lowest BCUT2D eigenvalue weighted by Gasteiger charge is -1.78. The minimum absolute atomic E-state index is 0.361. The maximum Gasteiger partial charge on any atom is 0.185 e. The number of aldehydes is 2. The van der Waals surface area contributed by atoms with Crippen LogP contribution in [0.2, 0.25) is 0 Å². The Morgan fingerprint density at radius 3 is 1.94 bits per heavy atom. The molecule has 2 aromatic heterocycles. The Balaban J connectivity index is 0.000000171. The van der Waals surface area contributed by atoms with Gasteiger partial charge in [0.05, 0.1) is 4.47 Å². The molecule has 5 heteroatoms. The van der Waals surface area contributed by atoms with E-state index in [-0.39, 0.29) is 0 Å². The highest BCUT2D eigenvalue weighted by atomic mass is 79.9. The third-order valence-corrected chi connectivity index (χ3v) is 2.66. The van der Waals surface area contributed by atoms with E-state index < -0.39 is 0 Å². The Morgan fingerprint density at radius 2 is 1.71 bits per heavy atom. The Labute approximate surface area is 107 Å². The topological polar surface area (TPSA) is 60.4 Å². The molecule has 0 fully saturated rings. The number of halogens is 1. The van der Waals surface area contributed by atoms with Gasteiger partial charge in [-0.25, -0.2) is 0 Å². The maximum absolute atomic E-state index is 10.1. The summed E-state index contributed by atoms with van der Waals surface area (Å²) >= 11 is 3.20. The molecule has 90 valence electrons. The Bertz CT molecular complexity index is 491. The molecule has 4 nitrogen and oxygen atoms in total. The molecule has 2 heterocycles. The van der Waals surface area contributed by atoms with Crippen molar-refractivity contribution in [3.8, 4) is 0 Å². The third kappa shape index (κ3) is 4.03. The molecule has 0 amide bonds. The lowest BCUT2D eigenvalue weighted by molar-refractivity contribution is 0.109. The van der Waals surface area contributed by atoms with Gasteiger partial charge in [0.2, 0.25) is 0 Å². The molecule has 0 spiro atoms. The van der Waals surface area contributed by atoms with Crippen molar-refractivity contribution < 1.29 is 18.4 Å². The maximum atomic E-state index is 10.1. The van der Waals surface area contributed by atoms with Crippen molar-refractivity contribution in [2.75, 3.05) is 0 Å². The third-order valence-electron chi connectivity index (χ3n) is 1.87. The average Bonchev–Trinajstić information content (AvgIpc) is 2.87. The van der Waals surface area contributed by atoms with E-state index in [4.69, 9.17) is 8.83 Å². The van der Waals surface area contributed by atoms with E-state index in [1.165, 1.54) is 0 Å². The van der Waals surface area contributed by atoms with Gasteiger partial charge in [-0.3, -0.25) is 9.59 Å². The van der Waals surface area contributed by atoms with Gasteiger partial charge in [0, 0.05) is 6.07 Å². The molecule has 2 aromatic rings. The van der Waals surface area contributed by atoms with Gasteiger partial charge in [0.1, 0.15) is 11.5 Å². The quantitative estimate of drug-likeness (QED) is 0.795. The van der Waals surface area contributed by atoms with Gasteiger partial charge in [-0.15, -0.1) is 0 Å². The standard InChI is InChI=1S/C6H5BrO2.C6H6O2/c1-4-6(7)2-5(3-8)9-4;1-5-2-3-6(4-7)8-5/h2-3H,1H3;2-4H,1H3. The van der Waals surface area contributed by atoms with Gasteiger partial charge in [-0.2, -0.15) is 0 Å². The summed E-state index contributed by atoms with van der Waals surface area (Å²) in [5.74, 6) is 2.26. The van der Waals surface area contributed by atoms with E-state index in [0.717, 1.165) is 16.0 Å². The van der Waals surface area contributed by atoms with Crippen LogP contribution in [0, 0.1) is 13.8 Å². The molecule has 0 bridgehead atoms. The number of hydrogen-bond acceptors (Lipinski definition) is 4. The van der Waals surface area contributed by atoms with Crippen LogP contribution in [0.15, 0.2) is 31.5 Å². The van der Waals surface area contributed by atoms with Crippen molar-refractivity contribution in [3.05, 3.63) is 45.7 Å². The van der Waals surface area contributed by atoms with Crippen LogP contribution >= 0.6 is 15.9 Å². The molecule has 0 saturated carbocycles. The van der Waals surface area contributed by atoms with Gasteiger partial charge in [0.25, 0.3) is 0 Å². The first-order valence-electron chi connectivity index (χ1n) is 4.79. The van der Waals surface area contributed by atoms with E-state index >= 15 is 0 Å². The fraction of sp³-hybridized carbons (Fsp3) is 0.167. The minimum Gasteiger partial charge on any atom is -0.459 e. The van der Waals surface area contributed by atoms with Crippen molar-refractivity contribution in [1.82, 2.24) is 0 Å². The first-order chi connectivity index (χ1) is 8.06. The summed E-state index contributed by atoms with van der Waals surface area (Å²) in [5, 5.41) is 0. The first kappa shape index (κ1) is 13.4.